The SMILES string of the molecule is Cc1oc2ccc(OCc3ccccc3)cc2c1C(=O)NC1CCN(C(=O)OC(C)(C)C)CC1F. The van der Waals surface area contributed by atoms with Crippen LogP contribution in [0.4, 0.5) is 9.18 Å². The van der Waals surface area contributed by atoms with E-state index in [-0.39, 0.29) is 13.0 Å². The van der Waals surface area contributed by atoms with Crippen LogP contribution < -0.4 is 10.1 Å². The van der Waals surface area contributed by atoms with Crippen molar-refractivity contribution in [1.29, 1.82) is 0 Å². The molecule has 0 aliphatic carbocycles. The van der Waals surface area contributed by atoms with Crippen molar-refractivity contribution in [2.24, 2.45) is 0 Å². The number of amides is 2. The highest BCUT2D eigenvalue weighted by Gasteiger charge is 2.35. The molecule has 2 amide bonds. The summed E-state index contributed by atoms with van der Waals surface area (Å²) in [4.78, 5) is 26.8. The van der Waals surface area contributed by atoms with E-state index in [0.717, 1.165) is 5.56 Å². The maximum atomic E-state index is 14.9. The number of hydrogen-bond donors (Lipinski definition) is 1. The summed E-state index contributed by atoms with van der Waals surface area (Å²) in [6, 6.07) is 14.4. The first-order valence-corrected chi connectivity index (χ1v) is 11.7. The molecule has 4 rings (SSSR count). The van der Waals surface area contributed by atoms with E-state index in [9.17, 15) is 14.0 Å². The highest BCUT2D eigenvalue weighted by molar-refractivity contribution is 6.07. The van der Waals surface area contributed by atoms with Crippen LogP contribution in [-0.2, 0) is 11.3 Å². The number of furan rings is 1. The molecule has 1 aliphatic rings. The van der Waals surface area contributed by atoms with Crippen LogP contribution in [-0.4, -0.2) is 47.8 Å². The first-order valence-electron chi connectivity index (χ1n) is 11.7. The lowest BCUT2D eigenvalue weighted by Crippen LogP contribution is -2.54. The van der Waals surface area contributed by atoms with E-state index in [4.69, 9.17) is 13.9 Å². The summed E-state index contributed by atoms with van der Waals surface area (Å²) in [5.74, 6) is 0.629. The van der Waals surface area contributed by atoms with Gasteiger partial charge in [-0.3, -0.25) is 4.79 Å². The largest absolute Gasteiger partial charge is 0.489 e. The first kappa shape index (κ1) is 24.6. The van der Waals surface area contributed by atoms with Gasteiger partial charge in [-0.2, -0.15) is 0 Å². The molecule has 1 N–H and O–H groups in total. The Balaban J connectivity index is 1.44. The van der Waals surface area contributed by atoms with E-state index in [0.29, 0.717) is 41.2 Å². The number of carbonyl (C=O) groups is 2. The molecule has 1 aliphatic heterocycles. The van der Waals surface area contributed by atoms with Crippen molar-refractivity contribution in [2.75, 3.05) is 13.1 Å². The number of likely N-dealkylation sites (tertiary alicyclic amines) is 1. The quantitative estimate of drug-likeness (QED) is 0.527. The van der Waals surface area contributed by atoms with Gasteiger partial charge in [0.2, 0.25) is 0 Å². The fourth-order valence-corrected chi connectivity index (χ4v) is 4.11. The lowest BCUT2D eigenvalue weighted by molar-refractivity contribution is 0.00972. The van der Waals surface area contributed by atoms with Crippen molar-refractivity contribution < 1.29 is 27.9 Å². The van der Waals surface area contributed by atoms with E-state index in [1.165, 1.54) is 4.90 Å². The Morgan fingerprint density at radius 3 is 2.60 bits per heavy atom. The van der Waals surface area contributed by atoms with Crippen LogP contribution in [0, 0.1) is 6.92 Å². The minimum absolute atomic E-state index is 0.136. The molecule has 186 valence electrons. The van der Waals surface area contributed by atoms with Gasteiger partial charge in [0.1, 0.15) is 35.5 Å². The number of hydrogen-bond acceptors (Lipinski definition) is 5. The van der Waals surface area contributed by atoms with Crippen LogP contribution in [0.25, 0.3) is 11.0 Å². The molecule has 7 nitrogen and oxygen atoms in total. The van der Waals surface area contributed by atoms with E-state index >= 15 is 0 Å². The van der Waals surface area contributed by atoms with Gasteiger partial charge in [-0.15, -0.1) is 0 Å². The second-order valence-electron chi connectivity index (χ2n) is 9.78. The molecule has 1 aromatic heterocycles. The van der Waals surface area contributed by atoms with E-state index < -0.39 is 29.8 Å². The molecule has 1 saturated heterocycles. The topological polar surface area (TPSA) is 81.0 Å². The Morgan fingerprint density at radius 1 is 1.17 bits per heavy atom. The van der Waals surface area contributed by atoms with Crippen LogP contribution in [0.5, 0.6) is 5.75 Å². The van der Waals surface area contributed by atoms with Crippen LogP contribution in [0.2, 0.25) is 0 Å². The summed E-state index contributed by atoms with van der Waals surface area (Å²) in [5.41, 5.74) is 1.28. The number of nitrogens with one attached hydrogen (secondary N) is 1. The average molecular weight is 483 g/mol. The van der Waals surface area contributed by atoms with Gasteiger partial charge in [-0.05, 0) is 57.9 Å². The Morgan fingerprint density at radius 2 is 1.91 bits per heavy atom. The number of aryl methyl sites for hydroxylation is 1. The minimum atomic E-state index is -1.41. The van der Waals surface area contributed by atoms with Crippen LogP contribution in [0.15, 0.2) is 52.9 Å². The predicted octanol–water partition coefficient (Wildman–Crippen LogP) is 5.40. The number of carbonyl (C=O) groups excluding carboxylic acids is 2. The maximum Gasteiger partial charge on any atom is 0.410 e. The third kappa shape index (κ3) is 5.93. The summed E-state index contributed by atoms with van der Waals surface area (Å²) >= 11 is 0. The van der Waals surface area contributed by atoms with Gasteiger partial charge in [0.15, 0.2) is 0 Å². The fraction of sp³-hybridized carbons (Fsp3) is 0.407. The molecule has 0 saturated carbocycles. The molecule has 2 aromatic carbocycles. The lowest BCUT2D eigenvalue weighted by atomic mass is 10.0. The van der Waals surface area contributed by atoms with Crippen molar-refractivity contribution in [3.63, 3.8) is 0 Å². The molecule has 1 fully saturated rings. The third-order valence-corrected chi connectivity index (χ3v) is 5.82. The van der Waals surface area contributed by atoms with Crippen molar-refractivity contribution >= 4 is 23.0 Å². The number of benzene rings is 2. The highest BCUT2D eigenvalue weighted by atomic mass is 19.1. The maximum absolute atomic E-state index is 14.9. The summed E-state index contributed by atoms with van der Waals surface area (Å²) in [5, 5.41) is 3.40. The van der Waals surface area contributed by atoms with Crippen molar-refractivity contribution in [2.45, 2.75) is 58.5 Å². The summed E-state index contributed by atoms with van der Waals surface area (Å²) in [6.45, 7) is 7.55. The molecular weight excluding hydrogens is 451 g/mol. The van der Waals surface area contributed by atoms with E-state index in [1.54, 1.807) is 45.9 Å². The zero-order valence-electron chi connectivity index (χ0n) is 20.5. The van der Waals surface area contributed by atoms with Gasteiger partial charge in [0, 0.05) is 11.9 Å². The number of rotatable bonds is 5. The minimum Gasteiger partial charge on any atom is -0.489 e. The third-order valence-electron chi connectivity index (χ3n) is 5.82. The number of halogens is 1. The smallest absolute Gasteiger partial charge is 0.410 e. The Hall–Kier alpha value is -3.55. The summed E-state index contributed by atoms with van der Waals surface area (Å²) in [6.07, 6.45) is -1.68. The summed E-state index contributed by atoms with van der Waals surface area (Å²) in [7, 11) is 0. The van der Waals surface area contributed by atoms with Gasteiger partial charge in [-0.1, -0.05) is 30.3 Å². The number of nitrogens with zero attached hydrogens (tertiary/aromatic N) is 1. The van der Waals surface area contributed by atoms with Gasteiger partial charge < -0.3 is 24.1 Å². The predicted molar refractivity (Wildman–Crippen MR) is 130 cm³/mol. The Labute approximate surface area is 204 Å². The molecule has 2 atom stereocenters. The van der Waals surface area contributed by atoms with Gasteiger partial charge in [-0.25, -0.2) is 9.18 Å². The average Bonchev–Trinajstić information content (AvgIpc) is 3.13. The van der Waals surface area contributed by atoms with Crippen molar-refractivity contribution in [1.82, 2.24) is 10.2 Å². The van der Waals surface area contributed by atoms with Crippen LogP contribution in [0.3, 0.4) is 0 Å². The monoisotopic (exact) mass is 482 g/mol. The Kier molecular flexibility index (Phi) is 7.00. The van der Waals surface area contributed by atoms with Gasteiger partial charge in [0.25, 0.3) is 5.91 Å². The van der Waals surface area contributed by atoms with Gasteiger partial charge >= 0.3 is 6.09 Å². The second kappa shape index (κ2) is 9.98. The number of ether oxygens (including phenoxy) is 2. The van der Waals surface area contributed by atoms with E-state index in [1.807, 2.05) is 30.3 Å². The molecule has 0 radical (unpaired) electrons. The van der Waals surface area contributed by atoms with Crippen molar-refractivity contribution in [3.05, 3.63) is 65.4 Å². The molecule has 2 heterocycles. The summed E-state index contributed by atoms with van der Waals surface area (Å²) < 4.78 is 31.9. The number of fused-ring (bicyclic) bond motifs is 1. The molecule has 0 bridgehead atoms. The van der Waals surface area contributed by atoms with E-state index in [2.05, 4.69) is 5.32 Å². The van der Waals surface area contributed by atoms with Crippen LogP contribution >= 0.6 is 0 Å². The zero-order valence-corrected chi connectivity index (χ0v) is 20.5. The fourth-order valence-electron chi connectivity index (χ4n) is 4.11. The number of piperidine rings is 1. The first-order chi connectivity index (χ1) is 16.6. The molecular formula is C27H31FN2O5. The lowest BCUT2D eigenvalue weighted by Gasteiger charge is -2.35. The molecule has 35 heavy (non-hydrogen) atoms. The normalized spacial score (nSPS) is 18.4. The van der Waals surface area contributed by atoms with Gasteiger partial charge in [0.05, 0.1) is 18.2 Å². The van der Waals surface area contributed by atoms with Crippen molar-refractivity contribution in [3.8, 4) is 5.75 Å². The molecule has 2 unspecified atom stereocenters. The standard InChI is InChI=1S/C27H31FN2O5/c1-17-24(20-14-19(10-11-23(20)34-17)33-16-18-8-6-5-7-9-18)25(31)29-22-12-13-30(15-21(22)28)26(32)35-27(2,3)4/h5-11,14,21-22H,12-13,15-16H2,1-4H3,(H,29,31). The second-order valence-corrected chi connectivity index (χ2v) is 9.78. The molecule has 3 aromatic rings. The zero-order chi connectivity index (χ0) is 25.2. The molecule has 0 spiro atoms. The van der Waals surface area contributed by atoms with Crippen LogP contribution in [0.1, 0.15) is 48.9 Å². The molecule has 8 heteroatoms. The number of alkyl halides is 1. The highest BCUT2D eigenvalue weighted by Crippen LogP contribution is 2.30. The Bertz CT molecular complexity index is 1200.